The molecule has 0 heterocycles. The van der Waals surface area contributed by atoms with Crippen molar-refractivity contribution in [3.05, 3.63) is 0 Å². The highest BCUT2D eigenvalue weighted by atomic mass is 19.4. The maximum atomic E-state index is 12.5. The first-order chi connectivity index (χ1) is 6.56. The van der Waals surface area contributed by atoms with Crippen molar-refractivity contribution >= 4 is 0 Å². The van der Waals surface area contributed by atoms with Gasteiger partial charge in [-0.15, -0.1) is 0 Å². The number of rotatable bonds is 1. The van der Waals surface area contributed by atoms with Crippen LogP contribution in [0.15, 0.2) is 0 Å². The Hall–Kier alpha value is -0.290. The molecule has 0 aromatic heterocycles. The van der Waals surface area contributed by atoms with E-state index in [-0.39, 0.29) is 12.8 Å². The molecule has 0 aromatic carbocycles. The third-order valence-corrected chi connectivity index (χ3v) is 3.43. The molecule has 15 heavy (non-hydrogen) atoms. The van der Waals surface area contributed by atoms with Crippen LogP contribution >= 0.6 is 0 Å². The summed E-state index contributed by atoms with van der Waals surface area (Å²) in [6.45, 7) is 2.43. The summed E-state index contributed by atoms with van der Waals surface area (Å²) in [6.07, 6.45) is -3.56. The summed E-state index contributed by atoms with van der Waals surface area (Å²) in [5, 5.41) is 19.0. The minimum absolute atomic E-state index is 0.208. The summed E-state index contributed by atoms with van der Waals surface area (Å²) in [5.41, 5.74) is -3.51. The van der Waals surface area contributed by atoms with E-state index in [1.807, 2.05) is 0 Å². The summed E-state index contributed by atoms with van der Waals surface area (Å²) in [4.78, 5) is 0. The van der Waals surface area contributed by atoms with E-state index in [4.69, 9.17) is 0 Å². The number of halogens is 3. The average molecular weight is 226 g/mol. The minimum Gasteiger partial charge on any atom is -0.390 e. The molecule has 1 rings (SSSR count). The minimum atomic E-state index is -4.60. The van der Waals surface area contributed by atoms with Gasteiger partial charge in [0.1, 0.15) is 0 Å². The van der Waals surface area contributed by atoms with Crippen LogP contribution in [0.25, 0.3) is 0 Å². The molecule has 5 heteroatoms. The largest absolute Gasteiger partial charge is 0.417 e. The zero-order valence-corrected chi connectivity index (χ0v) is 8.93. The lowest BCUT2D eigenvalue weighted by molar-refractivity contribution is -0.277. The van der Waals surface area contributed by atoms with E-state index < -0.39 is 23.3 Å². The van der Waals surface area contributed by atoms with Gasteiger partial charge in [-0.2, -0.15) is 13.2 Å². The number of aliphatic hydroxyl groups is 2. The quantitative estimate of drug-likeness (QED) is 0.719. The van der Waals surface area contributed by atoms with Crippen molar-refractivity contribution in [2.24, 2.45) is 5.92 Å². The Labute approximate surface area is 87.1 Å². The molecule has 2 nitrogen and oxygen atoms in total. The van der Waals surface area contributed by atoms with Gasteiger partial charge in [0.25, 0.3) is 0 Å². The first kappa shape index (κ1) is 12.8. The zero-order chi connectivity index (χ0) is 11.9. The van der Waals surface area contributed by atoms with Crippen LogP contribution in [0, 0.1) is 5.92 Å². The van der Waals surface area contributed by atoms with Crippen molar-refractivity contribution in [2.75, 3.05) is 0 Å². The third-order valence-electron chi connectivity index (χ3n) is 3.43. The van der Waals surface area contributed by atoms with Crippen LogP contribution in [0.1, 0.15) is 39.5 Å². The summed E-state index contributed by atoms with van der Waals surface area (Å²) in [5.74, 6) is -0.808. The Kier molecular flexibility index (Phi) is 3.09. The van der Waals surface area contributed by atoms with Crippen LogP contribution in [0.2, 0.25) is 0 Å². The second kappa shape index (κ2) is 3.63. The molecule has 90 valence electrons. The van der Waals surface area contributed by atoms with E-state index in [0.717, 1.165) is 6.92 Å². The molecule has 0 amide bonds. The van der Waals surface area contributed by atoms with Gasteiger partial charge in [0.05, 0.1) is 5.60 Å². The molecule has 1 aliphatic carbocycles. The van der Waals surface area contributed by atoms with Gasteiger partial charge in [0.15, 0.2) is 5.60 Å². The van der Waals surface area contributed by atoms with Crippen LogP contribution in [-0.2, 0) is 0 Å². The molecule has 2 N–H and O–H groups in total. The lowest BCUT2D eigenvalue weighted by Gasteiger charge is -2.41. The zero-order valence-electron chi connectivity index (χ0n) is 8.93. The van der Waals surface area contributed by atoms with Crippen molar-refractivity contribution in [1.82, 2.24) is 0 Å². The van der Waals surface area contributed by atoms with E-state index in [1.165, 1.54) is 0 Å². The van der Waals surface area contributed by atoms with Gasteiger partial charge >= 0.3 is 6.18 Å². The van der Waals surface area contributed by atoms with E-state index in [0.29, 0.717) is 12.8 Å². The fraction of sp³-hybridized carbons (Fsp3) is 1.00. The van der Waals surface area contributed by atoms with E-state index in [2.05, 4.69) is 0 Å². The maximum absolute atomic E-state index is 12.5. The Bertz CT molecular complexity index is 223. The van der Waals surface area contributed by atoms with Crippen molar-refractivity contribution in [3.63, 3.8) is 0 Å². The maximum Gasteiger partial charge on any atom is 0.417 e. The topological polar surface area (TPSA) is 40.5 Å². The summed E-state index contributed by atoms with van der Waals surface area (Å²) >= 11 is 0. The SMILES string of the molecule is CC(O)([C@H]1CC[C@](C)(O)CC1)C(F)(F)F. The van der Waals surface area contributed by atoms with Crippen molar-refractivity contribution < 1.29 is 23.4 Å². The Morgan fingerprint density at radius 3 is 1.93 bits per heavy atom. The van der Waals surface area contributed by atoms with Crippen molar-refractivity contribution in [1.29, 1.82) is 0 Å². The van der Waals surface area contributed by atoms with E-state index in [1.54, 1.807) is 6.92 Å². The Morgan fingerprint density at radius 1 is 1.20 bits per heavy atom. The highest BCUT2D eigenvalue weighted by Gasteiger charge is 2.55. The first-order valence-electron chi connectivity index (χ1n) is 5.08. The molecule has 1 fully saturated rings. The second-order valence-corrected chi connectivity index (χ2v) is 4.92. The molecule has 0 bridgehead atoms. The predicted octanol–water partition coefficient (Wildman–Crippen LogP) is 2.24. The molecule has 0 saturated heterocycles. The molecule has 0 aromatic rings. The first-order valence-corrected chi connectivity index (χ1v) is 5.08. The number of alkyl halides is 3. The molecule has 1 atom stereocenters. The van der Waals surface area contributed by atoms with Gasteiger partial charge in [-0.3, -0.25) is 0 Å². The molecular weight excluding hydrogens is 209 g/mol. The van der Waals surface area contributed by atoms with E-state index in [9.17, 15) is 23.4 Å². The standard InChI is InChI=1S/C10H17F3O2/c1-8(14)5-3-7(4-6-8)9(2,15)10(11,12)13/h7,14-15H,3-6H2,1-2H3/t7-,8-,9?. The van der Waals surface area contributed by atoms with Crippen LogP contribution in [0.5, 0.6) is 0 Å². The Balaban J connectivity index is 2.68. The fourth-order valence-corrected chi connectivity index (χ4v) is 2.03. The van der Waals surface area contributed by atoms with Crippen LogP contribution < -0.4 is 0 Å². The van der Waals surface area contributed by atoms with Gasteiger partial charge in [-0.1, -0.05) is 0 Å². The molecule has 1 aliphatic rings. The molecule has 1 unspecified atom stereocenters. The van der Waals surface area contributed by atoms with Gasteiger partial charge in [0, 0.05) is 0 Å². The summed E-state index contributed by atoms with van der Waals surface area (Å²) < 4.78 is 37.5. The van der Waals surface area contributed by atoms with Gasteiger partial charge in [0.2, 0.25) is 0 Å². The highest BCUT2D eigenvalue weighted by Crippen LogP contribution is 2.44. The van der Waals surface area contributed by atoms with Gasteiger partial charge in [-0.25, -0.2) is 0 Å². The summed E-state index contributed by atoms with van der Waals surface area (Å²) in [7, 11) is 0. The third kappa shape index (κ3) is 2.64. The predicted molar refractivity (Wildman–Crippen MR) is 49.3 cm³/mol. The molecular formula is C10H17F3O2. The smallest absolute Gasteiger partial charge is 0.390 e. The molecule has 0 spiro atoms. The van der Waals surface area contributed by atoms with Crippen molar-refractivity contribution in [2.45, 2.75) is 56.9 Å². The monoisotopic (exact) mass is 226 g/mol. The molecule has 0 radical (unpaired) electrons. The van der Waals surface area contributed by atoms with Gasteiger partial charge < -0.3 is 10.2 Å². The van der Waals surface area contributed by atoms with E-state index >= 15 is 0 Å². The Morgan fingerprint density at radius 2 is 1.60 bits per heavy atom. The number of hydrogen-bond acceptors (Lipinski definition) is 2. The normalized spacial score (nSPS) is 37.4. The summed E-state index contributed by atoms with van der Waals surface area (Å²) in [6, 6.07) is 0. The van der Waals surface area contributed by atoms with Crippen LogP contribution in [0.3, 0.4) is 0 Å². The highest BCUT2D eigenvalue weighted by molar-refractivity contribution is 4.94. The lowest BCUT2D eigenvalue weighted by atomic mass is 9.72. The molecule has 0 aliphatic heterocycles. The van der Waals surface area contributed by atoms with Crippen molar-refractivity contribution in [3.8, 4) is 0 Å². The van der Waals surface area contributed by atoms with Crippen LogP contribution in [0.4, 0.5) is 13.2 Å². The average Bonchev–Trinajstić information content (AvgIpc) is 2.01. The number of hydrogen-bond donors (Lipinski definition) is 2. The second-order valence-electron chi connectivity index (χ2n) is 4.92. The van der Waals surface area contributed by atoms with Crippen LogP contribution in [-0.4, -0.2) is 27.6 Å². The fourth-order valence-electron chi connectivity index (χ4n) is 2.03. The molecule has 1 saturated carbocycles. The van der Waals surface area contributed by atoms with Gasteiger partial charge in [-0.05, 0) is 45.4 Å². The lowest BCUT2D eigenvalue weighted by Crippen LogP contribution is -2.51.